The Morgan fingerprint density at radius 3 is 1.56 bits per heavy atom. The van der Waals surface area contributed by atoms with Gasteiger partial charge in [0.15, 0.2) is 0 Å². The van der Waals surface area contributed by atoms with Crippen LogP contribution in [-0.4, -0.2) is 168 Å². The Morgan fingerprint density at radius 1 is 0.671 bits per heavy atom. The molecular weight excluding hydrogens is 1040 g/mol. The molecule has 3 fully saturated rings. The summed E-state index contributed by atoms with van der Waals surface area (Å²) in [5, 5.41) is 0. The number of anilines is 4. The number of pyridine rings is 2. The van der Waals surface area contributed by atoms with Crippen molar-refractivity contribution in [2.75, 3.05) is 125 Å². The molecular formula is C45H59BrN12O8S4. The third-order valence-electron chi connectivity index (χ3n) is 12.0. The minimum atomic E-state index is -3.54. The zero-order chi connectivity index (χ0) is 50.1. The molecule has 0 unspecified atom stereocenters. The summed E-state index contributed by atoms with van der Waals surface area (Å²) < 4.78 is 77.1. The summed E-state index contributed by atoms with van der Waals surface area (Å²) in [5.41, 5.74) is 6.46. The Morgan fingerprint density at radius 2 is 1.11 bits per heavy atom. The lowest BCUT2D eigenvalue weighted by molar-refractivity contribution is 0.0592. The lowest BCUT2D eigenvalue weighted by Crippen LogP contribution is -2.53. The third kappa shape index (κ3) is 12.0. The van der Waals surface area contributed by atoms with E-state index < -0.39 is 20.0 Å². The van der Waals surface area contributed by atoms with Crippen LogP contribution in [-0.2, 0) is 36.1 Å². The molecule has 0 atom stereocenters. The molecule has 70 heavy (non-hydrogen) atoms. The molecule has 0 bridgehead atoms. The van der Waals surface area contributed by atoms with Crippen molar-refractivity contribution in [2.45, 2.75) is 46.7 Å². The van der Waals surface area contributed by atoms with E-state index in [0.717, 1.165) is 80.7 Å². The fourth-order valence-electron chi connectivity index (χ4n) is 8.39. The van der Waals surface area contributed by atoms with E-state index in [-0.39, 0.29) is 28.7 Å². The molecule has 0 aromatic carbocycles. The maximum Gasteiger partial charge on any atom is 0.238 e. The van der Waals surface area contributed by atoms with Crippen LogP contribution >= 0.6 is 38.6 Å². The summed E-state index contributed by atoms with van der Waals surface area (Å²) >= 11 is 6.89. The van der Waals surface area contributed by atoms with Gasteiger partial charge >= 0.3 is 0 Å². The number of thiophene rings is 2. The van der Waals surface area contributed by atoms with E-state index in [1.165, 1.54) is 24.7 Å². The summed E-state index contributed by atoms with van der Waals surface area (Å²) in [6.45, 7) is 21.2. The van der Waals surface area contributed by atoms with Gasteiger partial charge in [0.2, 0.25) is 43.7 Å². The van der Waals surface area contributed by atoms with Gasteiger partial charge in [-0.1, -0.05) is 0 Å². The molecule has 378 valence electrons. The van der Waals surface area contributed by atoms with Crippen molar-refractivity contribution < 1.29 is 35.8 Å². The maximum absolute atomic E-state index is 12.1. The van der Waals surface area contributed by atoms with Gasteiger partial charge in [-0.05, 0) is 62.7 Å². The summed E-state index contributed by atoms with van der Waals surface area (Å²) in [7, 11) is -4.15. The van der Waals surface area contributed by atoms with Crippen LogP contribution in [0.1, 0.15) is 36.1 Å². The number of aryl methyl sites for hydroxylation is 2. The molecule has 9 rings (SSSR count). The number of ether oxygens (including phenoxy) is 4. The molecule has 3 aliphatic rings. The molecule has 25 heteroatoms. The highest BCUT2D eigenvalue weighted by Gasteiger charge is 2.29. The fourth-order valence-corrected chi connectivity index (χ4v) is 12.3. The Bertz CT molecular complexity index is 3090. The quantitative estimate of drug-likeness (QED) is 0.139. The van der Waals surface area contributed by atoms with Crippen molar-refractivity contribution >= 4 is 102 Å². The second kappa shape index (κ2) is 21.2. The molecule has 0 aliphatic carbocycles. The summed E-state index contributed by atoms with van der Waals surface area (Å²) in [4.78, 5) is 40.0. The SMILES string of the molecule is COc1ncc(-c2nc(N3CCOCC3)nc3c(Br)c(C)sc23)cc1NS(C)(=O)=O.COc1ncc(-c2nc(N3CCOCC3)nc3c(CN4CCN(C(C)(C)C)CC4)c(C)sc23)cc1NS(C)(=O)=O. The number of sulfonamides is 2. The number of rotatable bonds is 12. The van der Waals surface area contributed by atoms with Crippen LogP contribution < -0.4 is 28.7 Å². The van der Waals surface area contributed by atoms with Gasteiger partial charge in [0.05, 0.1) is 83.9 Å². The predicted molar refractivity (Wildman–Crippen MR) is 281 cm³/mol. The first-order valence-corrected chi connectivity index (χ1v) is 28.8. The van der Waals surface area contributed by atoms with Crippen LogP contribution in [0.15, 0.2) is 29.0 Å². The minimum absolute atomic E-state index is 0.170. The smallest absolute Gasteiger partial charge is 0.238 e. The highest BCUT2D eigenvalue weighted by Crippen LogP contribution is 2.42. The van der Waals surface area contributed by atoms with Gasteiger partial charge in [-0.25, -0.2) is 46.7 Å². The first-order chi connectivity index (χ1) is 33.2. The zero-order valence-corrected chi connectivity index (χ0v) is 45.6. The van der Waals surface area contributed by atoms with Gasteiger partial charge in [-0.3, -0.25) is 19.2 Å². The number of piperazine rings is 1. The Hall–Kier alpha value is -4.60. The van der Waals surface area contributed by atoms with Gasteiger partial charge in [-0.2, -0.15) is 0 Å². The molecule has 0 saturated carbocycles. The normalized spacial score (nSPS) is 16.6. The monoisotopic (exact) mass is 1100 g/mol. The van der Waals surface area contributed by atoms with E-state index in [2.05, 4.69) is 82.6 Å². The van der Waals surface area contributed by atoms with Gasteiger partial charge in [0.1, 0.15) is 16.9 Å². The molecule has 6 aromatic heterocycles. The van der Waals surface area contributed by atoms with Crippen molar-refractivity contribution in [1.82, 2.24) is 39.7 Å². The first-order valence-electron chi connectivity index (χ1n) is 22.6. The largest absolute Gasteiger partial charge is 0.480 e. The molecule has 3 saturated heterocycles. The van der Waals surface area contributed by atoms with Gasteiger partial charge in [0.25, 0.3) is 0 Å². The van der Waals surface area contributed by atoms with Crippen molar-refractivity contribution in [2.24, 2.45) is 0 Å². The van der Waals surface area contributed by atoms with E-state index in [9.17, 15) is 16.8 Å². The number of morpholine rings is 2. The molecule has 6 aromatic rings. The number of halogens is 1. The molecule has 0 radical (unpaired) electrons. The van der Waals surface area contributed by atoms with E-state index in [1.807, 2.05) is 6.92 Å². The molecule has 9 heterocycles. The molecule has 2 N–H and O–H groups in total. The van der Waals surface area contributed by atoms with Crippen molar-refractivity contribution in [1.29, 1.82) is 0 Å². The summed E-state index contributed by atoms with van der Waals surface area (Å²) in [6.07, 6.45) is 5.49. The molecule has 3 aliphatic heterocycles. The number of methoxy groups -OCH3 is 2. The molecule has 0 amide bonds. The Kier molecular flexibility index (Phi) is 15.7. The molecule has 20 nitrogen and oxygen atoms in total. The maximum atomic E-state index is 12.1. The summed E-state index contributed by atoms with van der Waals surface area (Å²) in [6, 6.07) is 3.42. The number of fused-ring (bicyclic) bond motifs is 2. The lowest BCUT2D eigenvalue weighted by Gasteiger charge is -2.42. The summed E-state index contributed by atoms with van der Waals surface area (Å²) in [5.74, 6) is 1.64. The average molecular weight is 1100 g/mol. The second-order valence-corrected chi connectivity index (χ2v) is 24.9. The fraction of sp³-hybridized carbons (Fsp3) is 0.511. The van der Waals surface area contributed by atoms with E-state index in [0.29, 0.717) is 81.3 Å². The number of hydrogen-bond donors (Lipinski definition) is 2. The highest BCUT2D eigenvalue weighted by atomic mass is 79.9. The number of nitrogens with one attached hydrogen (secondary N) is 2. The number of hydrogen-bond acceptors (Lipinski definition) is 20. The number of nitrogens with zero attached hydrogens (tertiary/aromatic N) is 10. The minimum Gasteiger partial charge on any atom is -0.480 e. The van der Waals surface area contributed by atoms with E-state index >= 15 is 0 Å². The first kappa shape index (κ1) is 51.7. The lowest BCUT2D eigenvalue weighted by atomic mass is 10.0. The van der Waals surface area contributed by atoms with E-state index in [4.69, 9.17) is 38.9 Å². The van der Waals surface area contributed by atoms with Crippen LogP contribution in [0, 0.1) is 13.8 Å². The van der Waals surface area contributed by atoms with E-state index in [1.54, 1.807) is 47.2 Å². The van der Waals surface area contributed by atoms with Crippen LogP contribution in [0.25, 0.3) is 42.9 Å². The average Bonchev–Trinajstić information content (AvgIpc) is 3.80. The van der Waals surface area contributed by atoms with Crippen molar-refractivity contribution in [3.05, 3.63) is 44.3 Å². The van der Waals surface area contributed by atoms with Crippen molar-refractivity contribution in [3.8, 4) is 34.3 Å². The zero-order valence-electron chi connectivity index (χ0n) is 40.8. The topological polar surface area (TPSA) is 220 Å². The third-order valence-corrected chi connectivity index (χ3v) is 16.6. The van der Waals surface area contributed by atoms with Gasteiger partial charge < -0.3 is 28.7 Å². The highest BCUT2D eigenvalue weighted by molar-refractivity contribution is 9.10. The van der Waals surface area contributed by atoms with Crippen molar-refractivity contribution in [3.63, 3.8) is 0 Å². The van der Waals surface area contributed by atoms with Gasteiger partial charge in [0, 0.05) is 103 Å². The van der Waals surface area contributed by atoms with Crippen LogP contribution in [0.5, 0.6) is 11.8 Å². The predicted octanol–water partition coefficient (Wildman–Crippen LogP) is 6.24. The Labute approximate surface area is 425 Å². The van der Waals surface area contributed by atoms with Crippen LogP contribution in [0.3, 0.4) is 0 Å². The Balaban J connectivity index is 0.000000196. The number of aromatic nitrogens is 6. The second-order valence-electron chi connectivity index (χ2n) is 18.2. The standard InChI is InChI=1S/C27H39N7O4S2.C18H20BrN5O4S2/c1-18-20(17-32-7-9-34(10-8-32)27(2,3)4)23-24(39-18)22(29-26(30-23)33-11-13-38-14-12-33)19-15-21(31-40(6,35)36)25(37-5)28-16-19;1-10-13(19)15-16(29-10)14(21-18(22-15)24-4-6-28-7-5-24)11-8-12(23-30(3,25)26)17(27-2)20-9-11/h15-16,31H,7-14,17H2,1-6H3;8-9,23H,4-7H2,1-3H3. The van der Waals surface area contributed by atoms with Crippen LogP contribution in [0.4, 0.5) is 23.3 Å². The van der Waals surface area contributed by atoms with Gasteiger partial charge in [-0.15, -0.1) is 22.7 Å². The molecule has 0 spiro atoms. The van der Waals surface area contributed by atoms with Crippen LogP contribution in [0.2, 0.25) is 0 Å².